The number of fused-ring (bicyclic) bond motifs is 1. The highest BCUT2D eigenvalue weighted by Crippen LogP contribution is 2.38. The largest absolute Gasteiger partial charge is 0.472 e. The van der Waals surface area contributed by atoms with Crippen LogP contribution in [0.2, 0.25) is 0 Å². The van der Waals surface area contributed by atoms with Gasteiger partial charge >= 0.3 is 6.03 Å². The highest BCUT2D eigenvalue weighted by Gasteiger charge is 2.37. The molecule has 0 radical (unpaired) electrons. The van der Waals surface area contributed by atoms with Crippen LogP contribution in [0.25, 0.3) is 5.82 Å². The number of carbonyl (C=O) groups excluding carboxylic acids is 1. The number of anilines is 1. The van der Waals surface area contributed by atoms with E-state index in [2.05, 4.69) is 41.4 Å². The molecule has 1 unspecified atom stereocenters. The predicted octanol–water partition coefficient (Wildman–Crippen LogP) is 2.60. The van der Waals surface area contributed by atoms with Gasteiger partial charge in [-0.05, 0) is 22.9 Å². The summed E-state index contributed by atoms with van der Waals surface area (Å²) < 4.78 is 5.15. The predicted molar refractivity (Wildman–Crippen MR) is 104 cm³/mol. The summed E-state index contributed by atoms with van der Waals surface area (Å²) in [5.74, 6) is 1.02. The van der Waals surface area contributed by atoms with Crippen LogP contribution in [0.15, 0.2) is 40.9 Å². The number of carbonyl (C=O) groups is 1. The third kappa shape index (κ3) is 3.67. The molecule has 2 aliphatic rings. The van der Waals surface area contributed by atoms with Crippen molar-refractivity contribution in [3.05, 3.63) is 35.9 Å². The summed E-state index contributed by atoms with van der Waals surface area (Å²) in [5, 5.41) is 11.4. The Hall–Kier alpha value is -2.46. The van der Waals surface area contributed by atoms with Gasteiger partial charge in [0.2, 0.25) is 0 Å². The molecule has 2 amide bonds. The number of halogens is 2. The van der Waals surface area contributed by atoms with Gasteiger partial charge in [0.1, 0.15) is 11.4 Å². The van der Waals surface area contributed by atoms with Crippen molar-refractivity contribution >= 4 is 51.3 Å². The number of urea groups is 1. The maximum absolute atomic E-state index is 12.9. The Morgan fingerprint density at radius 2 is 2.19 bits per heavy atom. The molecule has 0 fully saturated rings. The second kappa shape index (κ2) is 6.93. The molecule has 2 atom stereocenters. The van der Waals surface area contributed by atoms with Crippen molar-refractivity contribution in [1.29, 1.82) is 0 Å². The molecule has 0 aliphatic carbocycles. The Kier molecular flexibility index (Phi) is 4.60. The van der Waals surface area contributed by atoms with Gasteiger partial charge in [-0.1, -0.05) is 11.6 Å². The molecule has 0 saturated heterocycles. The number of hydrogen-bond acceptors (Lipinski definition) is 6. The van der Waals surface area contributed by atoms with Crippen LogP contribution in [0.5, 0.6) is 5.75 Å². The molecule has 0 saturated carbocycles. The van der Waals surface area contributed by atoms with Crippen LogP contribution in [0.4, 0.5) is 10.5 Å². The topological polar surface area (TPSA) is 97.5 Å². The molecule has 0 bridgehead atoms. The Balaban J connectivity index is 1.50. The monoisotopic (exact) mass is 451 g/mol. The molecule has 0 aromatic carbocycles. The lowest BCUT2D eigenvalue weighted by Crippen LogP contribution is -2.53. The van der Waals surface area contributed by atoms with E-state index < -0.39 is 4.51 Å². The summed E-state index contributed by atoms with van der Waals surface area (Å²) in [4.78, 5) is 24.2. The van der Waals surface area contributed by atoms with E-state index in [9.17, 15) is 4.79 Å². The molecule has 1 N–H and O–H groups in total. The number of pyridine rings is 1. The zero-order valence-electron chi connectivity index (χ0n) is 14.2. The molecule has 140 valence electrons. The Bertz CT molecular complexity index is 929. The van der Waals surface area contributed by atoms with Crippen LogP contribution in [0, 0.1) is 0 Å². The average molecular weight is 453 g/mol. The fourth-order valence-electron chi connectivity index (χ4n) is 2.85. The first-order valence-corrected chi connectivity index (χ1v) is 9.29. The van der Waals surface area contributed by atoms with Crippen LogP contribution in [-0.4, -0.2) is 49.3 Å². The standard InChI is InChI=1S/C16H15BrClN7O2/c1-16(17)9-24(12-8-19-3-2-13(12)27-16)15(26)23-10-6-11(18)14(20-7-10)25-21-4-5-22-25/h2-5,7-8,10H,6,9H2,1H3,(H,23,26)/t10?,16-/m0/s1. The second-order valence-electron chi connectivity index (χ2n) is 6.22. The van der Waals surface area contributed by atoms with Crippen LogP contribution < -0.4 is 15.0 Å². The third-order valence-electron chi connectivity index (χ3n) is 4.00. The Morgan fingerprint density at radius 1 is 1.41 bits per heavy atom. The van der Waals surface area contributed by atoms with Crippen molar-refractivity contribution in [2.24, 2.45) is 4.99 Å². The molecule has 9 nitrogen and oxygen atoms in total. The smallest absolute Gasteiger partial charge is 0.322 e. The molecule has 4 heterocycles. The lowest BCUT2D eigenvalue weighted by atomic mass is 10.2. The summed E-state index contributed by atoms with van der Waals surface area (Å²) in [6, 6.07) is 1.08. The van der Waals surface area contributed by atoms with Crippen LogP contribution in [0.3, 0.4) is 0 Å². The van der Waals surface area contributed by atoms with Crippen LogP contribution in [0.1, 0.15) is 13.3 Å². The average Bonchev–Trinajstić information content (AvgIpc) is 3.14. The van der Waals surface area contributed by atoms with Gasteiger partial charge in [0, 0.05) is 24.9 Å². The van der Waals surface area contributed by atoms with Crippen LogP contribution in [-0.2, 0) is 0 Å². The molecule has 2 aromatic heterocycles. The lowest BCUT2D eigenvalue weighted by molar-refractivity contribution is 0.182. The van der Waals surface area contributed by atoms with Gasteiger partial charge < -0.3 is 10.1 Å². The molecule has 11 heteroatoms. The first-order chi connectivity index (χ1) is 12.9. The highest BCUT2D eigenvalue weighted by atomic mass is 79.9. The molecule has 2 aliphatic heterocycles. The number of aromatic nitrogens is 4. The fourth-order valence-corrected chi connectivity index (χ4v) is 3.57. The Morgan fingerprint density at radius 3 is 2.93 bits per heavy atom. The number of alkyl halides is 1. The number of rotatable bonds is 2. The molecule has 27 heavy (non-hydrogen) atoms. The summed E-state index contributed by atoms with van der Waals surface area (Å²) in [5.41, 5.74) is 0.600. The van der Waals surface area contributed by atoms with E-state index in [1.54, 1.807) is 42.0 Å². The van der Waals surface area contributed by atoms with E-state index in [-0.39, 0.29) is 12.1 Å². The normalized spacial score (nSPS) is 24.4. The van der Waals surface area contributed by atoms with Crippen molar-refractivity contribution in [2.75, 3.05) is 11.4 Å². The van der Waals surface area contributed by atoms with E-state index in [0.717, 1.165) is 0 Å². The van der Waals surface area contributed by atoms with Crippen molar-refractivity contribution in [1.82, 2.24) is 25.3 Å². The Labute approximate surface area is 168 Å². The molecular weight excluding hydrogens is 438 g/mol. The van der Waals surface area contributed by atoms with Gasteiger partial charge in [-0.15, -0.1) is 4.80 Å². The van der Waals surface area contributed by atoms with E-state index in [1.165, 1.54) is 4.80 Å². The first-order valence-electron chi connectivity index (χ1n) is 8.12. The van der Waals surface area contributed by atoms with E-state index >= 15 is 0 Å². The number of aliphatic imine (C=N–C) groups is 1. The first kappa shape index (κ1) is 17.9. The van der Waals surface area contributed by atoms with Gasteiger partial charge in [-0.3, -0.25) is 9.88 Å². The summed E-state index contributed by atoms with van der Waals surface area (Å²) in [6.07, 6.45) is 8.32. The summed E-state index contributed by atoms with van der Waals surface area (Å²) in [6.45, 7) is 2.16. The molecular formula is C16H15BrClN7O2. The van der Waals surface area contributed by atoms with Gasteiger partial charge in [-0.25, -0.2) is 9.79 Å². The maximum Gasteiger partial charge on any atom is 0.322 e. The molecule has 2 aromatic rings. The number of amides is 2. The van der Waals surface area contributed by atoms with Crippen molar-refractivity contribution in [2.45, 2.75) is 23.9 Å². The van der Waals surface area contributed by atoms with E-state index in [0.29, 0.717) is 35.3 Å². The number of nitrogens with zero attached hydrogens (tertiary/aromatic N) is 6. The van der Waals surface area contributed by atoms with Gasteiger partial charge in [-0.2, -0.15) is 10.2 Å². The number of nitrogens with one attached hydrogen (secondary N) is 1. The maximum atomic E-state index is 12.9. The van der Waals surface area contributed by atoms with E-state index in [4.69, 9.17) is 16.3 Å². The van der Waals surface area contributed by atoms with Crippen molar-refractivity contribution in [3.63, 3.8) is 0 Å². The van der Waals surface area contributed by atoms with Gasteiger partial charge in [0.25, 0.3) is 0 Å². The lowest BCUT2D eigenvalue weighted by Gasteiger charge is -2.38. The summed E-state index contributed by atoms with van der Waals surface area (Å²) >= 11 is 9.83. The number of ether oxygens (including phenoxy) is 1. The minimum Gasteiger partial charge on any atom is -0.472 e. The third-order valence-corrected chi connectivity index (χ3v) is 4.73. The number of hydrogen-bond donors (Lipinski definition) is 1. The fraction of sp³-hybridized carbons (Fsp3) is 0.312. The van der Waals surface area contributed by atoms with Gasteiger partial charge in [0.05, 0.1) is 36.2 Å². The zero-order chi connectivity index (χ0) is 19.0. The molecule has 0 spiro atoms. The zero-order valence-corrected chi connectivity index (χ0v) is 16.6. The van der Waals surface area contributed by atoms with E-state index in [1.807, 2.05) is 6.92 Å². The summed E-state index contributed by atoms with van der Waals surface area (Å²) in [7, 11) is 0. The van der Waals surface area contributed by atoms with Gasteiger partial charge in [0.15, 0.2) is 10.3 Å². The van der Waals surface area contributed by atoms with Crippen LogP contribution >= 0.6 is 27.5 Å². The molecule has 4 rings (SSSR count). The van der Waals surface area contributed by atoms with Crippen molar-refractivity contribution in [3.8, 4) is 5.75 Å². The second-order valence-corrected chi connectivity index (χ2v) is 8.35. The SMILES string of the molecule is C[C@@]1(Br)CN(C(=O)NC2C=NC(n3nccn3)=C(Cl)C2)c2cnccc2O1. The minimum absolute atomic E-state index is 0.292. The van der Waals surface area contributed by atoms with Crippen molar-refractivity contribution < 1.29 is 9.53 Å². The minimum atomic E-state index is -0.699. The highest BCUT2D eigenvalue weighted by molar-refractivity contribution is 9.10. The quantitative estimate of drug-likeness (QED) is 0.706.